The highest BCUT2D eigenvalue weighted by atomic mass is 16.1. The summed E-state index contributed by atoms with van der Waals surface area (Å²) in [5.41, 5.74) is 1.38. The summed E-state index contributed by atoms with van der Waals surface area (Å²) in [5, 5.41) is 3.29. The van der Waals surface area contributed by atoms with Crippen molar-refractivity contribution in [3.8, 4) is 0 Å². The van der Waals surface area contributed by atoms with Crippen LogP contribution in [0.2, 0.25) is 0 Å². The maximum absolute atomic E-state index is 11.1. The molecule has 1 saturated heterocycles. The van der Waals surface area contributed by atoms with Gasteiger partial charge >= 0.3 is 5.69 Å². The van der Waals surface area contributed by atoms with Crippen LogP contribution in [0.5, 0.6) is 0 Å². The van der Waals surface area contributed by atoms with Crippen LogP contribution in [0.15, 0.2) is 17.1 Å². The second kappa shape index (κ2) is 3.64. The molecule has 1 fully saturated rings. The molecule has 3 N–H and O–H groups in total. The van der Waals surface area contributed by atoms with Crippen molar-refractivity contribution < 1.29 is 0 Å². The fourth-order valence-electron chi connectivity index (χ4n) is 1.99. The van der Waals surface area contributed by atoms with Gasteiger partial charge < -0.3 is 20.2 Å². The Morgan fingerprint density at radius 1 is 1.19 bits per heavy atom. The number of fused-ring (bicyclic) bond motifs is 1. The SMILES string of the molecule is O=c1[nH]c2cnc(N3CCNCC3)cc2[nH]1. The molecular formula is C10H13N5O. The topological polar surface area (TPSA) is 76.8 Å². The van der Waals surface area contributed by atoms with Gasteiger partial charge in [0.05, 0.1) is 17.2 Å². The zero-order valence-electron chi connectivity index (χ0n) is 8.79. The van der Waals surface area contributed by atoms with Crippen LogP contribution in [0.3, 0.4) is 0 Å². The van der Waals surface area contributed by atoms with Gasteiger partial charge in [-0.2, -0.15) is 0 Å². The largest absolute Gasteiger partial charge is 0.354 e. The maximum atomic E-state index is 11.1. The molecule has 0 bridgehead atoms. The van der Waals surface area contributed by atoms with E-state index in [2.05, 4.69) is 25.2 Å². The van der Waals surface area contributed by atoms with Crippen molar-refractivity contribution in [2.75, 3.05) is 31.1 Å². The number of nitrogens with one attached hydrogen (secondary N) is 3. The number of aromatic nitrogens is 3. The van der Waals surface area contributed by atoms with E-state index in [9.17, 15) is 4.79 Å². The lowest BCUT2D eigenvalue weighted by Gasteiger charge is -2.28. The summed E-state index contributed by atoms with van der Waals surface area (Å²) in [4.78, 5) is 23.1. The number of anilines is 1. The molecule has 0 unspecified atom stereocenters. The Balaban J connectivity index is 2.00. The number of hydrogen-bond donors (Lipinski definition) is 3. The molecule has 84 valence electrons. The van der Waals surface area contributed by atoms with Crippen LogP contribution in [0.4, 0.5) is 5.82 Å². The first-order valence-electron chi connectivity index (χ1n) is 5.37. The van der Waals surface area contributed by atoms with Crippen molar-refractivity contribution in [1.29, 1.82) is 0 Å². The van der Waals surface area contributed by atoms with E-state index >= 15 is 0 Å². The van der Waals surface area contributed by atoms with Gasteiger partial charge in [-0.15, -0.1) is 0 Å². The van der Waals surface area contributed by atoms with Crippen LogP contribution in [-0.2, 0) is 0 Å². The molecule has 6 heteroatoms. The minimum Gasteiger partial charge on any atom is -0.354 e. The lowest BCUT2D eigenvalue weighted by atomic mass is 10.3. The average Bonchev–Trinajstić information content (AvgIpc) is 2.69. The number of rotatable bonds is 1. The Labute approximate surface area is 91.7 Å². The van der Waals surface area contributed by atoms with Crippen molar-refractivity contribution in [1.82, 2.24) is 20.3 Å². The Bertz CT molecular complexity index is 552. The van der Waals surface area contributed by atoms with E-state index in [0.29, 0.717) is 0 Å². The Hall–Kier alpha value is -1.82. The number of H-pyrrole nitrogens is 2. The highest BCUT2D eigenvalue weighted by Gasteiger charge is 2.12. The summed E-state index contributed by atoms with van der Waals surface area (Å²) < 4.78 is 0. The third-order valence-electron chi connectivity index (χ3n) is 2.83. The minimum atomic E-state index is -0.186. The fourth-order valence-corrected chi connectivity index (χ4v) is 1.99. The van der Waals surface area contributed by atoms with Gasteiger partial charge in [0.25, 0.3) is 0 Å². The number of aromatic amines is 2. The fraction of sp³-hybridized carbons (Fsp3) is 0.400. The van der Waals surface area contributed by atoms with Crippen molar-refractivity contribution in [3.05, 3.63) is 22.7 Å². The molecule has 3 heterocycles. The van der Waals surface area contributed by atoms with Crippen LogP contribution in [0.25, 0.3) is 11.0 Å². The van der Waals surface area contributed by atoms with Crippen molar-refractivity contribution in [2.24, 2.45) is 0 Å². The van der Waals surface area contributed by atoms with Gasteiger partial charge in [0.2, 0.25) is 0 Å². The predicted octanol–water partition coefficient (Wildman–Crippen LogP) is -0.339. The van der Waals surface area contributed by atoms with Crippen LogP contribution < -0.4 is 15.9 Å². The summed E-state index contributed by atoms with van der Waals surface area (Å²) in [6, 6.07) is 1.92. The number of piperazine rings is 1. The molecule has 16 heavy (non-hydrogen) atoms. The zero-order valence-corrected chi connectivity index (χ0v) is 8.79. The number of hydrogen-bond acceptors (Lipinski definition) is 4. The predicted molar refractivity (Wildman–Crippen MR) is 61.8 cm³/mol. The smallest absolute Gasteiger partial charge is 0.323 e. The molecule has 0 spiro atoms. The first kappa shape index (κ1) is 9.41. The van der Waals surface area contributed by atoms with Crippen LogP contribution in [0, 0.1) is 0 Å². The molecule has 2 aromatic rings. The average molecular weight is 219 g/mol. The van der Waals surface area contributed by atoms with Gasteiger partial charge in [-0.3, -0.25) is 0 Å². The van der Waals surface area contributed by atoms with Gasteiger partial charge in [0.15, 0.2) is 0 Å². The maximum Gasteiger partial charge on any atom is 0.323 e. The monoisotopic (exact) mass is 219 g/mol. The van der Waals surface area contributed by atoms with Gasteiger partial charge in [-0.25, -0.2) is 9.78 Å². The molecule has 1 aliphatic rings. The second-order valence-electron chi connectivity index (χ2n) is 3.90. The van der Waals surface area contributed by atoms with Gasteiger partial charge in [-0.1, -0.05) is 0 Å². The van der Waals surface area contributed by atoms with E-state index in [1.807, 2.05) is 6.07 Å². The van der Waals surface area contributed by atoms with Gasteiger partial charge in [0, 0.05) is 32.2 Å². The molecule has 0 atom stereocenters. The molecule has 0 radical (unpaired) electrons. The van der Waals surface area contributed by atoms with E-state index < -0.39 is 0 Å². The standard InChI is InChI=1S/C10H13N5O/c16-10-13-7-5-9(12-6-8(7)14-10)15-3-1-11-2-4-15/h5-6,11H,1-4H2,(H2,13,14,16). The number of imidazole rings is 1. The second-order valence-corrected chi connectivity index (χ2v) is 3.90. The summed E-state index contributed by atoms with van der Waals surface area (Å²) in [5.74, 6) is 0.921. The molecule has 3 rings (SSSR count). The van der Waals surface area contributed by atoms with E-state index in [-0.39, 0.29) is 5.69 Å². The van der Waals surface area contributed by atoms with Crippen molar-refractivity contribution in [3.63, 3.8) is 0 Å². The highest BCUT2D eigenvalue weighted by Crippen LogP contribution is 2.15. The third-order valence-corrected chi connectivity index (χ3v) is 2.83. The molecule has 1 aliphatic heterocycles. The molecule has 0 aromatic carbocycles. The lowest BCUT2D eigenvalue weighted by Crippen LogP contribution is -2.43. The van der Waals surface area contributed by atoms with E-state index in [1.165, 1.54) is 0 Å². The summed E-state index contributed by atoms with van der Waals surface area (Å²) in [6.07, 6.45) is 1.70. The van der Waals surface area contributed by atoms with E-state index in [4.69, 9.17) is 0 Å². The highest BCUT2D eigenvalue weighted by molar-refractivity contribution is 5.76. The van der Waals surface area contributed by atoms with Crippen LogP contribution in [-0.4, -0.2) is 41.1 Å². The zero-order chi connectivity index (χ0) is 11.0. The Kier molecular flexibility index (Phi) is 2.14. The van der Waals surface area contributed by atoms with Gasteiger partial charge in [0.1, 0.15) is 5.82 Å². The number of pyridine rings is 1. The van der Waals surface area contributed by atoms with Crippen LogP contribution in [0.1, 0.15) is 0 Å². The first-order chi connectivity index (χ1) is 7.83. The summed E-state index contributed by atoms with van der Waals surface area (Å²) in [7, 11) is 0. The minimum absolute atomic E-state index is 0.186. The molecule has 0 aliphatic carbocycles. The normalized spacial score (nSPS) is 16.9. The molecular weight excluding hydrogens is 206 g/mol. The quantitative estimate of drug-likeness (QED) is 0.613. The van der Waals surface area contributed by atoms with Gasteiger partial charge in [-0.05, 0) is 0 Å². The Morgan fingerprint density at radius 2 is 1.94 bits per heavy atom. The molecule has 0 amide bonds. The third kappa shape index (κ3) is 1.57. The molecule has 6 nitrogen and oxygen atoms in total. The summed E-state index contributed by atoms with van der Waals surface area (Å²) in [6.45, 7) is 3.85. The first-order valence-corrected chi connectivity index (χ1v) is 5.37. The van der Waals surface area contributed by atoms with E-state index in [0.717, 1.165) is 43.0 Å². The summed E-state index contributed by atoms with van der Waals surface area (Å²) >= 11 is 0. The van der Waals surface area contributed by atoms with E-state index in [1.54, 1.807) is 6.20 Å². The number of nitrogens with zero attached hydrogens (tertiary/aromatic N) is 2. The van der Waals surface area contributed by atoms with Crippen molar-refractivity contribution >= 4 is 16.9 Å². The Morgan fingerprint density at radius 3 is 2.75 bits per heavy atom. The van der Waals surface area contributed by atoms with Crippen LogP contribution >= 0.6 is 0 Å². The lowest BCUT2D eigenvalue weighted by molar-refractivity contribution is 0.585. The molecule has 0 saturated carbocycles. The molecule has 2 aromatic heterocycles. The van der Waals surface area contributed by atoms with Crippen molar-refractivity contribution in [2.45, 2.75) is 0 Å².